The van der Waals surface area contributed by atoms with Crippen LogP contribution in [0, 0.1) is 13.0 Å². The van der Waals surface area contributed by atoms with Crippen molar-refractivity contribution in [3.05, 3.63) is 95.5 Å². The van der Waals surface area contributed by atoms with Crippen molar-refractivity contribution in [1.82, 2.24) is 9.97 Å². The second kappa shape index (κ2) is 13.3. The predicted octanol–water partition coefficient (Wildman–Crippen LogP) is 10.3. The number of aromatic nitrogens is 2. The van der Waals surface area contributed by atoms with E-state index in [0.29, 0.717) is 17.5 Å². The third-order valence-electron chi connectivity index (χ3n) is 7.14. The molecular weight excluding hydrogens is 733 g/mol. The molecule has 0 aliphatic heterocycles. The van der Waals surface area contributed by atoms with Gasteiger partial charge in [0.1, 0.15) is 0 Å². The summed E-state index contributed by atoms with van der Waals surface area (Å²) in [5.41, 5.74) is 8.35. The Morgan fingerprint density at radius 1 is 1.00 bits per heavy atom. The Kier molecular flexibility index (Phi) is 10.0. The van der Waals surface area contributed by atoms with E-state index < -0.39 is 0 Å². The fourth-order valence-corrected chi connectivity index (χ4v) is 6.53. The number of carbonyl (C=O) groups is 1. The molecule has 43 heavy (non-hydrogen) atoms. The number of furan rings is 1. The van der Waals surface area contributed by atoms with E-state index in [4.69, 9.17) is 14.5 Å². The minimum Gasteiger partial charge on any atom is -0.512 e. The zero-order valence-corrected chi connectivity index (χ0v) is 28.6. The topological polar surface area (TPSA) is 76.2 Å². The van der Waals surface area contributed by atoms with Gasteiger partial charge in [0, 0.05) is 58.7 Å². The van der Waals surface area contributed by atoms with E-state index in [2.05, 4.69) is 81.2 Å². The average molecular weight is 768 g/mol. The second-order valence-electron chi connectivity index (χ2n) is 11.2. The van der Waals surface area contributed by atoms with Crippen LogP contribution in [0.25, 0.3) is 53.9 Å². The van der Waals surface area contributed by atoms with Crippen LogP contribution in [0.15, 0.2) is 77.0 Å². The number of thiophene rings is 1. The Morgan fingerprint density at radius 3 is 2.30 bits per heavy atom. The van der Waals surface area contributed by atoms with Crippen molar-refractivity contribution in [3.8, 4) is 21.7 Å². The normalized spacial score (nSPS) is 11.7. The van der Waals surface area contributed by atoms with Crippen LogP contribution in [0.5, 0.6) is 0 Å². The molecule has 2 aromatic carbocycles. The smallest absolute Gasteiger partial charge is 0.216 e. The summed E-state index contributed by atoms with van der Waals surface area (Å²) < 4.78 is 7.44. The first kappa shape index (κ1) is 32.3. The summed E-state index contributed by atoms with van der Waals surface area (Å²) in [4.78, 5) is 20.7. The maximum Gasteiger partial charge on any atom is 0.216 e. The maximum atomic E-state index is 10.0. The summed E-state index contributed by atoms with van der Waals surface area (Å²) in [6.45, 7) is 13.9. The summed E-state index contributed by atoms with van der Waals surface area (Å²) in [6, 6.07) is 22.7. The van der Waals surface area contributed by atoms with Crippen LogP contribution in [-0.4, -0.2) is 20.9 Å². The second-order valence-corrected chi connectivity index (χ2v) is 12.3. The zero-order valence-electron chi connectivity index (χ0n) is 25.4. The molecule has 5 nitrogen and oxygen atoms in total. The molecule has 0 unspecified atom stereocenters. The number of benzene rings is 2. The van der Waals surface area contributed by atoms with Gasteiger partial charge in [-0.1, -0.05) is 56.8 Å². The van der Waals surface area contributed by atoms with E-state index >= 15 is 0 Å². The first-order chi connectivity index (χ1) is 20.0. The number of aryl methyl sites for hydroxylation is 1. The number of rotatable bonds is 5. The molecule has 1 N–H and O–H groups in total. The van der Waals surface area contributed by atoms with E-state index in [1.807, 2.05) is 36.6 Å². The number of allylic oxidation sites excluding steroid dienone is 2. The number of ketones is 1. The molecule has 6 rings (SSSR count). The number of pyridine rings is 2. The van der Waals surface area contributed by atoms with Crippen LogP contribution in [0.4, 0.5) is 0 Å². The quantitative estimate of drug-likeness (QED) is 0.107. The van der Waals surface area contributed by atoms with Gasteiger partial charge in [-0.15, -0.1) is 29.5 Å². The summed E-state index contributed by atoms with van der Waals surface area (Å²) in [5, 5.41) is 11.6. The fraction of sp³-hybridized carbons (Fsp3) is 0.250. The third kappa shape index (κ3) is 6.64. The molecule has 7 heteroatoms. The van der Waals surface area contributed by atoms with Crippen LogP contribution in [0.2, 0.25) is 0 Å². The van der Waals surface area contributed by atoms with Crippen LogP contribution in [0.3, 0.4) is 0 Å². The number of nitrogens with zero attached hydrogens (tertiary/aromatic N) is 2. The monoisotopic (exact) mass is 768 g/mol. The predicted molar refractivity (Wildman–Crippen MR) is 174 cm³/mol. The van der Waals surface area contributed by atoms with Gasteiger partial charge in [-0.2, -0.15) is 0 Å². The SMILES string of the molecule is CC(=O)/C=C(/C)O.Cc1ccc2c(n1)oc1c(-c3nccc4cc(-c5c(C(C)C)cccc5C(C)C)sc34)[c-]ccc12.[Ir]. The van der Waals surface area contributed by atoms with Crippen molar-refractivity contribution in [1.29, 1.82) is 0 Å². The van der Waals surface area contributed by atoms with Crippen LogP contribution >= 0.6 is 11.3 Å². The number of carbonyl (C=O) groups excluding carboxylic acids is 1. The Hall–Kier alpha value is -3.64. The molecule has 0 aliphatic carbocycles. The number of hydrogen-bond donors (Lipinski definition) is 1. The van der Waals surface area contributed by atoms with E-state index in [0.717, 1.165) is 38.0 Å². The Labute approximate surface area is 270 Å². The molecule has 0 spiro atoms. The average Bonchev–Trinajstić information content (AvgIpc) is 3.53. The molecule has 0 fully saturated rings. The molecule has 1 radical (unpaired) electrons. The van der Waals surface area contributed by atoms with Crippen molar-refractivity contribution in [2.45, 2.75) is 60.3 Å². The van der Waals surface area contributed by atoms with Gasteiger partial charge in [-0.3, -0.25) is 4.79 Å². The summed E-state index contributed by atoms with van der Waals surface area (Å²) in [6.07, 6.45) is 3.06. The molecule has 0 amide bonds. The number of fused-ring (bicyclic) bond motifs is 4. The molecular formula is C36H35IrN2O3S-. The van der Waals surface area contributed by atoms with Crippen LogP contribution in [0.1, 0.15) is 70.2 Å². The van der Waals surface area contributed by atoms with Crippen molar-refractivity contribution >= 4 is 49.3 Å². The summed E-state index contributed by atoms with van der Waals surface area (Å²) >= 11 is 1.81. The van der Waals surface area contributed by atoms with Crippen LogP contribution < -0.4 is 0 Å². The first-order valence-corrected chi connectivity index (χ1v) is 15.0. The molecule has 0 saturated carbocycles. The van der Waals surface area contributed by atoms with Crippen molar-refractivity contribution in [2.75, 3.05) is 0 Å². The van der Waals surface area contributed by atoms with Gasteiger partial charge in [0.15, 0.2) is 5.78 Å². The first-order valence-electron chi connectivity index (χ1n) is 14.2. The number of aliphatic hydroxyl groups is 1. The van der Waals surface area contributed by atoms with Gasteiger partial charge in [0.05, 0.1) is 11.3 Å². The van der Waals surface area contributed by atoms with Gasteiger partial charge >= 0.3 is 0 Å². The summed E-state index contributed by atoms with van der Waals surface area (Å²) in [7, 11) is 0. The molecule has 0 saturated heterocycles. The van der Waals surface area contributed by atoms with E-state index in [1.54, 1.807) is 0 Å². The van der Waals surface area contributed by atoms with E-state index in [9.17, 15) is 4.79 Å². The molecule has 0 atom stereocenters. The molecule has 4 aromatic heterocycles. The standard InChI is InChI=1S/C31H27N2OS.C5H8O2.Ir/c1-17(2)21-8-6-9-22(18(3)4)27(21)26-16-20-14-15-32-28(30(20)35-26)25-11-7-10-23-24-13-12-19(5)33-31(24)34-29(23)25;1-4(6)3-5(2)7;/h6-10,12-18H,1-5H3;3,6H,1-2H3;/q-1;;/b;4-3-;. The summed E-state index contributed by atoms with van der Waals surface area (Å²) in [5.74, 6) is 0.827. The minimum atomic E-state index is -0.125. The van der Waals surface area contributed by atoms with E-state index in [-0.39, 0.29) is 31.6 Å². The fourth-order valence-electron chi connectivity index (χ4n) is 5.29. The van der Waals surface area contributed by atoms with Gasteiger partial charge in [0.25, 0.3) is 0 Å². The Bertz CT molecular complexity index is 1940. The zero-order chi connectivity index (χ0) is 30.1. The van der Waals surface area contributed by atoms with Gasteiger partial charge in [0.2, 0.25) is 5.71 Å². The maximum absolute atomic E-state index is 10.0. The minimum absolute atomic E-state index is 0. The van der Waals surface area contributed by atoms with E-state index in [1.165, 1.54) is 46.9 Å². The molecule has 0 bridgehead atoms. The van der Waals surface area contributed by atoms with Crippen LogP contribution in [-0.2, 0) is 24.9 Å². The third-order valence-corrected chi connectivity index (χ3v) is 8.31. The molecule has 4 heterocycles. The molecule has 6 aromatic rings. The van der Waals surface area contributed by atoms with Crippen molar-refractivity contribution < 1.29 is 34.4 Å². The number of aliphatic hydroxyl groups excluding tert-OH is 1. The van der Waals surface area contributed by atoms with Gasteiger partial charge in [-0.25, -0.2) is 4.98 Å². The van der Waals surface area contributed by atoms with Crippen molar-refractivity contribution in [3.63, 3.8) is 0 Å². The van der Waals surface area contributed by atoms with Gasteiger partial charge < -0.3 is 14.5 Å². The van der Waals surface area contributed by atoms with Crippen molar-refractivity contribution in [2.24, 2.45) is 0 Å². The number of hydrogen-bond acceptors (Lipinski definition) is 6. The van der Waals surface area contributed by atoms with Gasteiger partial charge in [-0.05, 0) is 78.9 Å². The molecule has 223 valence electrons. The largest absolute Gasteiger partial charge is 0.512 e. The Morgan fingerprint density at radius 2 is 1.70 bits per heavy atom. The molecule has 0 aliphatic rings. The Balaban J connectivity index is 0.000000475.